The number of nitrogens with one attached hydrogen (secondary N) is 2. The van der Waals surface area contributed by atoms with E-state index in [0.717, 1.165) is 25.7 Å². The van der Waals surface area contributed by atoms with Gasteiger partial charge in [0.1, 0.15) is 5.76 Å². The predicted octanol–water partition coefficient (Wildman–Crippen LogP) is 3.48. The van der Waals surface area contributed by atoms with Crippen LogP contribution in [0.25, 0.3) is 0 Å². The molecule has 3 N–H and O–H groups in total. The molecule has 1 atom stereocenters. The van der Waals surface area contributed by atoms with Crippen LogP contribution in [-0.2, 0) is 0 Å². The lowest BCUT2D eigenvalue weighted by Gasteiger charge is -2.23. The first-order valence-corrected chi connectivity index (χ1v) is 9.94. The third kappa shape index (κ3) is 4.56. The van der Waals surface area contributed by atoms with Gasteiger partial charge in [-0.15, -0.1) is 0 Å². The maximum Gasteiger partial charge on any atom is 0.286 e. The average molecular weight is 405 g/mol. The van der Waals surface area contributed by atoms with E-state index >= 15 is 0 Å². The number of rotatable bonds is 6. The number of aliphatic hydroxyl groups excluding tert-OH is 1. The molecule has 0 bridgehead atoms. The van der Waals surface area contributed by atoms with Gasteiger partial charge in [0.2, 0.25) is 0 Å². The second-order valence-corrected chi connectivity index (χ2v) is 7.50. The monoisotopic (exact) mass is 404 g/mol. The Morgan fingerprint density at radius 1 is 1.21 bits per heavy atom. The van der Waals surface area contributed by atoms with Crippen LogP contribution < -0.4 is 10.6 Å². The Morgan fingerprint density at radius 3 is 2.61 bits per heavy atom. The summed E-state index contributed by atoms with van der Waals surface area (Å²) >= 11 is 6.09. The van der Waals surface area contributed by atoms with Crippen LogP contribution in [0.2, 0.25) is 5.02 Å². The molecule has 1 aromatic heterocycles. The van der Waals surface area contributed by atoms with E-state index in [-0.39, 0.29) is 35.6 Å². The van der Waals surface area contributed by atoms with E-state index in [1.807, 2.05) is 0 Å². The van der Waals surface area contributed by atoms with E-state index in [9.17, 15) is 14.7 Å². The average Bonchev–Trinajstić information content (AvgIpc) is 3.14. The van der Waals surface area contributed by atoms with Crippen LogP contribution in [0.5, 0.6) is 0 Å². The zero-order valence-corrected chi connectivity index (χ0v) is 16.6. The van der Waals surface area contributed by atoms with Gasteiger partial charge in [-0.3, -0.25) is 9.59 Å². The first-order valence-electron chi connectivity index (χ1n) is 9.56. The number of carbonyl (C=O) groups excluding carboxylic acids is 2. The van der Waals surface area contributed by atoms with Crippen molar-refractivity contribution in [2.24, 2.45) is 0 Å². The van der Waals surface area contributed by atoms with Crippen LogP contribution in [0.15, 0.2) is 34.7 Å². The molecular weight excluding hydrogens is 380 g/mol. The van der Waals surface area contributed by atoms with Crippen molar-refractivity contribution in [3.05, 3.63) is 58.0 Å². The molecule has 2 amide bonds. The van der Waals surface area contributed by atoms with Crippen LogP contribution >= 0.6 is 11.6 Å². The van der Waals surface area contributed by atoms with Crippen LogP contribution in [-0.4, -0.2) is 36.6 Å². The third-order valence-electron chi connectivity index (χ3n) is 5.15. The van der Waals surface area contributed by atoms with Crippen LogP contribution in [0.3, 0.4) is 0 Å². The summed E-state index contributed by atoms with van der Waals surface area (Å²) < 4.78 is 5.75. The Morgan fingerprint density at radius 2 is 1.96 bits per heavy atom. The van der Waals surface area contributed by atoms with E-state index < -0.39 is 11.8 Å². The molecule has 150 valence electrons. The molecule has 1 fully saturated rings. The fraction of sp³-hybridized carbons (Fsp3) is 0.429. The smallest absolute Gasteiger partial charge is 0.286 e. The van der Waals surface area contributed by atoms with E-state index in [0.29, 0.717) is 10.6 Å². The molecule has 1 heterocycles. The summed E-state index contributed by atoms with van der Waals surface area (Å²) in [5, 5.41) is 16.1. The van der Waals surface area contributed by atoms with Gasteiger partial charge in [0, 0.05) is 24.2 Å². The number of hydrogen-bond donors (Lipinski definition) is 3. The molecule has 7 heteroatoms. The fourth-order valence-electron chi connectivity index (χ4n) is 3.65. The number of amides is 2. The fourth-order valence-corrected chi connectivity index (χ4v) is 3.85. The van der Waals surface area contributed by atoms with Crippen molar-refractivity contribution >= 4 is 23.4 Å². The lowest BCUT2D eigenvalue weighted by Crippen LogP contribution is -2.36. The number of furan rings is 1. The Hall–Kier alpha value is -2.31. The molecule has 28 heavy (non-hydrogen) atoms. The molecule has 1 aromatic carbocycles. The first kappa shape index (κ1) is 20.4. The molecule has 0 aliphatic heterocycles. The molecular formula is C21H25ClN2O4. The van der Waals surface area contributed by atoms with E-state index in [4.69, 9.17) is 16.0 Å². The minimum absolute atomic E-state index is 0.0340. The highest BCUT2D eigenvalue weighted by molar-refractivity contribution is 6.30. The zero-order valence-electron chi connectivity index (χ0n) is 15.8. The molecule has 0 spiro atoms. The van der Waals surface area contributed by atoms with E-state index in [2.05, 4.69) is 10.6 Å². The molecule has 0 radical (unpaired) electrons. The normalized spacial score (nSPS) is 15.8. The summed E-state index contributed by atoms with van der Waals surface area (Å²) in [6.07, 6.45) is 5.26. The highest BCUT2D eigenvalue weighted by Crippen LogP contribution is 2.31. The van der Waals surface area contributed by atoms with Crippen molar-refractivity contribution in [1.29, 1.82) is 0 Å². The molecule has 2 aromatic rings. The Balaban J connectivity index is 1.96. The van der Waals surface area contributed by atoms with Gasteiger partial charge in [-0.05, 0) is 30.5 Å². The second-order valence-electron chi connectivity index (χ2n) is 7.07. The first-order chi connectivity index (χ1) is 13.5. The van der Waals surface area contributed by atoms with Crippen molar-refractivity contribution in [3.8, 4) is 0 Å². The minimum atomic E-state index is -0.607. The van der Waals surface area contributed by atoms with Gasteiger partial charge >= 0.3 is 0 Å². The number of aliphatic hydroxyl groups is 1. The SMILES string of the molecule is CNC(=O)c1cc(C(=O)NC2CCCCC2)c(C(CO)c2cccc(Cl)c2)o1. The van der Waals surface area contributed by atoms with Crippen molar-refractivity contribution in [2.45, 2.75) is 44.1 Å². The third-order valence-corrected chi connectivity index (χ3v) is 5.38. The van der Waals surface area contributed by atoms with Crippen LogP contribution in [0, 0.1) is 0 Å². The van der Waals surface area contributed by atoms with Gasteiger partial charge in [-0.2, -0.15) is 0 Å². The van der Waals surface area contributed by atoms with E-state index in [1.165, 1.54) is 19.5 Å². The van der Waals surface area contributed by atoms with Gasteiger partial charge < -0.3 is 20.2 Å². The maximum atomic E-state index is 13.0. The van der Waals surface area contributed by atoms with Gasteiger partial charge in [0.15, 0.2) is 5.76 Å². The second kappa shape index (κ2) is 9.26. The summed E-state index contributed by atoms with van der Waals surface area (Å²) in [6, 6.07) is 8.58. The highest BCUT2D eigenvalue weighted by Gasteiger charge is 2.29. The Bertz CT molecular complexity index is 843. The van der Waals surface area contributed by atoms with Crippen molar-refractivity contribution in [1.82, 2.24) is 10.6 Å². The number of benzene rings is 1. The molecule has 0 saturated heterocycles. The molecule has 3 rings (SSSR count). The lowest BCUT2D eigenvalue weighted by molar-refractivity contribution is 0.0917. The molecule has 1 unspecified atom stereocenters. The summed E-state index contributed by atoms with van der Waals surface area (Å²) in [7, 11) is 1.49. The summed E-state index contributed by atoms with van der Waals surface area (Å²) in [5.74, 6) is -1.03. The topological polar surface area (TPSA) is 91.6 Å². The van der Waals surface area contributed by atoms with Gasteiger partial charge in [-0.25, -0.2) is 0 Å². The molecule has 1 saturated carbocycles. The summed E-state index contributed by atoms with van der Waals surface area (Å²) in [6.45, 7) is -0.287. The predicted molar refractivity (Wildman–Crippen MR) is 107 cm³/mol. The number of halogens is 1. The quantitative estimate of drug-likeness (QED) is 0.687. The number of hydrogen-bond acceptors (Lipinski definition) is 4. The van der Waals surface area contributed by atoms with Crippen LogP contribution in [0.1, 0.15) is 70.3 Å². The van der Waals surface area contributed by atoms with Gasteiger partial charge in [0.25, 0.3) is 11.8 Å². The Labute approximate surface area is 169 Å². The van der Waals surface area contributed by atoms with Crippen molar-refractivity contribution < 1.29 is 19.1 Å². The van der Waals surface area contributed by atoms with Crippen molar-refractivity contribution in [3.63, 3.8) is 0 Å². The molecule has 6 nitrogen and oxygen atoms in total. The molecule has 1 aliphatic rings. The maximum absolute atomic E-state index is 13.0. The van der Waals surface area contributed by atoms with Gasteiger partial charge in [-0.1, -0.05) is 43.0 Å². The largest absolute Gasteiger partial charge is 0.454 e. The van der Waals surface area contributed by atoms with Crippen molar-refractivity contribution in [2.75, 3.05) is 13.7 Å². The minimum Gasteiger partial charge on any atom is -0.454 e. The van der Waals surface area contributed by atoms with Gasteiger partial charge in [0.05, 0.1) is 18.1 Å². The summed E-state index contributed by atoms with van der Waals surface area (Å²) in [4.78, 5) is 25.0. The van der Waals surface area contributed by atoms with E-state index in [1.54, 1.807) is 24.3 Å². The lowest BCUT2D eigenvalue weighted by atomic mass is 9.93. The van der Waals surface area contributed by atoms with Crippen LogP contribution in [0.4, 0.5) is 0 Å². The number of carbonyl (C=O) groups is 2. The standard InChI is InChI=1S/C21H25ClN2O4/c1-23-21(27)18-11-16(20(26)24-15-8-3-2-4-9-15)19(28-18)17(12-25)13-6-5-7-14(22)10-13/h5-7,10-11,15,17,25H,2-4,8-9,12H2,1H3,(H,23,27)(H,24,26). The highest BCUT2D eigenvalue weighted by atomic mass is 35.5. The zero-order chi connectivity index (χ0) is 20.1. The molecule has 1 aliphatic carbocycles. The Kier molecular flexibility index (Phi) is 6.75. The summed E-state index contributed by atoms with van der Waals surface area (Å²) in [5.41, 5.74) is 0.975.